The zero-order valence-electron chi connectivity index (χ0n) is 23.8. The Balaban J connectivity index is 1.06. The van der Waals surface area contributed by atoms with Crippen molar-refractivity contribution in [2.24, 2.45) is 0 Å². The Kier molecular flexibility index (Phi) is 10.0. The van der Waals surface area contributed by atoms with E-state index in [1.807, 2.05) is 6.07 Å². The second-order valence-corrected chi connectivity index (χ2v) is 12.4. The number of benzene rings is 2. The van der Waals surface area contributed by atoms with Crippen LogP contribution in [0, 0.1) is 0 Å². The predicted molar refractivity (Wildman–Crippen MR) is 164 cm³/mol. The Morgan fingerprint density at radius 3 is 2.48 bits per heavy atom. The quantitative estimate of drug-likeness (QED) is 0.170. The van der Waals surface area contributed by atoms with Crippen LogP contribution in [0.4, 0.5) is 29.3 Å². The molecule has 0 spiro atoms. The van der Waals surface area contributed by atoms with Crippen molar-refractivity contribution in [1.29, 1.82) is 0 Å². The van der Waals surface area contributed by atoms with Gasteiger partial charge in [0.1, 0.15) is 0 Å². The van der Waals surface area contributed by atoms with Gasteiger partial charge in [0.15, 0.2) is 0 Å². The molecule has 0 atom stereocenters. The van der Waals surface area contributed by atoms with Crippen molar-refractivity contribution in [2.45, 2.75) is 68.4 Å². The lowest BCUT2D eigenvalue weighted by molar-refractivity contribution is -0.137. The second-order valence-electron chi connectivity index (χ2n) is 11.2. The van der Waals surface area contributed by atoms with Gasteiger partial charge in [0.25, 0.3) is 0 Å². The number of rotatable bonds is 11. The molecule has 1 aromatic heterocycles. The third kappa shape index (κ3) is 7.62. The van der Waals surface area contributed by atoms with E-state index in [1.165, 1.54) is 47.9 Å². The molecule has 42 heavy (non-hydrogen) atoms. The van der Waals surface area contributed by atoms with Crippen LogP contribution in [0.25, 0.3) is 10.9 Å². The summed E-state index contributed by atoms with van der Waals surface area (Å²) in [5, 5.41) is 13.7. The summed E-state index contributed by atoms with van der Waals surface area (Å²) in [6, 6.07) is 12.4. The number of halogens is 3. The van der Waals surface area contributed by atoms with Crippen LogP contribution in [-0.4, -0.2) is 59.6 Å². The highest BCUT2D eigenvalue weighted by atomic mass is 32.2. The summed E-state index contributed by atoms with van der Waals surface area (Å²) in [5.74, 6) is 1.49. The number of hydrogen-bond donors (Lipinski definition) is 2. The summed E-state index contributed by atoms with van der Waals surface area (Å²) in [4.78, 5) is 20.3. The number of carbonyl (C=O) groups is 1. The second kappa shape index (κ2) is 13.9. The summed E-state index contributed by atoms with van der Waals surface area (Å²) < 4.78 is 39.1. The number of pyridine rings is 1. The molecule has 3 aromatic rings. The number of nitrogens with one attached hydrogen (secondary N) is 1. The van der Waals surface area contributed by atoms with Gasteiger partial charge in [-0.1, -0.05) is 31.7 Å². The van der Waals surface area contributed by atoms with E-state index in [-0.39, 0.29) is 0 Å². The van der Waals surface area contributed by atoms with Crippen LogP contribution >= 0.6 is 11.8 Å². The molecule has 2 N–H and O–H groups in total. The van der Waals surface area contributed by atoms with Gasteiger partial charge in [-0.3, -0.25) is 4.98 Å². The van der Waals surface area contributed by atoms with Gasteiger partial charge in [0, 0.05) is 60.6 Å². The van der Waals surface area contributed by atoms with E-state index in [1.54, 1.807) is 18.0 Å². The number of aromatic nitrogens is 1. The van der Waals surface area contributed by atoms with Gasteiger partial charge in [0.05, 0.1) is 11.1 Å². The number of unbranched alkanes of at least 4 members (excludes halogenated alkanes) is 3. The van der Waals surface area contributed by atoms with E-state index in [2.05, 4.69) is 33.4 Å². The van der Waals surface area contributed by atoms with Crippen molar-refractivity contribution in [1.82, 2.24) is 9.88 Å². The standard InChI is InChI=1S/C32H39F3N4O2S/c33-32(34,35)24-9-11-26-28(21-24)37-15-13-30(26)42-20-6-2-1-5-14-36-25-10-12-29(27(22-25)23-7-3-4-8-23)38-16-18-39(19-17-38)31(40)41/h9-13,15,21-23,36H,1-8,14,16-20H2,(H,40,41). The van der Waals surface area contributed by atoms with Gasteiger partial charge in [-0.2, -0.15) is 13.2 Å². The molecule has 2 aromatic carbocycles. The highest BCUT2D eigenvalue weighted by Crippen LogP contribution is 2.40. The molecule has 2 fully saturated rings. The summed E-state index contributed by atoms with van der Waals surface area (Å²) in [6.45, 7) is 3.45. The number of anilines is 2. The fourth-order valence-corrected chi connectivity index (χ4v) is 7.13. The number of piperazine rings is 1. The molecule has 0 bridgehead atoms. The van der Waals surface area contributed by atoms with Gasteiger partial charge < -0.3 is 20.2 Å². The minimum Gasteiger partial charge on any atom is -0.465 e. The van der Waals surface area contributed by atoms with Crippen molar-refractivity contribution >= 4 is 40.1 Å². The molecule has 0 radical (unpaired) electrons. The molecular weight excluding hydrogens is 561 g/mol. The summed E-state index contributed by atoms with van der Waals surface area (Å²) in [5.41, 5.74) is 3.53. The fraction of sp³-hybridized carbons (Fsp3) is 0.500. The van der Waals surface area contributed by atoms with Crippen LogP contribution < -0.4 is 10.2 Å². The number of thioether (sulfide) groups is 1. The van der Waals surface area contributed by atoms with Gasteiger partial charge in [0.2, 0.25) is 0 Å². The minimum absolute atomic E-state index is 0.380. The molecule has 1 amide bonds. The number of carboxylic acid groups (broad SMARTS) is 1. The highest BCUT2D eigenvalue weighted by Gasteiger charge is 2.31. The van der Waals surface area contributed by atoms with Crippen LogP contribution in [0.1, 0.15) is 68.4 Å². The van der Waals surface area contributed by atoms with Crippen LogP contribution in [0.2, 0.25) is 0 Å². The first-order valence-electron chi connectivity index (χ1n) is 15.0. The predicted octanol–water partition coefficient (Wildman–Crippen LogP) is 8.48. The largest absolute Gasteiger partial charge is 0.465 e. The SMILES string of the molecule is O=C(O)N1CCN(c2ccc(NCCCCCCSc3ccnc4cc(C(F)(F)F)ccc34)cc2C2CCCC2)CC1. The molecule has 1 aliphatic heterocycles. The average Bonchev–Trinajstić information content (AvgIpc) is 3.53. The molecule has 2 aliphatic rings. The van der Waals surface area contributed by atoms with Gasteiger partial charge >= 0.3 is 12.3 Å². The summed E-state index contributed by atoms with van der Waals surface area (Å²) >= 11 is 1.68. The lowest BCUT2D eigenvalue weighted by atomic mass is 9.94. The van der Waals surface area contributed by atoms with Gasteiger partial charge in [-0.05, 0) is 79.3 Å². The van der Waals surface area contributed by atoms with Crippen molar-refractivity contribution in [3.8, 4) is 0 Å². The number of alkyl halides is 3. The van der Waals surface area contributed by atoms with Crippen molar-refractivity contribution < 1.29 is 23.1 Å². The Labute approximate surface area is 249 Å². The van der Waals surface area contributed by atoms with Crippen LogP contribution in [0.5, 0.6) is 0 Å². The molecule has 1 aliphatic carbocycles. The summed E-state index contributed by atoms with van der Waals surface area (Å²) in [6.07, 6.45) is 5.68. The first kappa shape index (κ1) is 30.3. The molecule has 0 unspecified atom stereocenters. The smallest absolute Gasteiger partial charge is 0.416 e. The van der Waals surface area contributed by atoms with E-state index in [9.17, 15) is 23.1 Å². The fourth-order valence-electron chi connectivity index (χ4n) is 6.07. The van der Waals surface area contributed by atoms with E-state index in [0.29, 0.717) is 24.5 Å². The maximum absolute atomic E-state index is 13.0. The number of nitrogens with zero attached hydrogens (tertiary/aromatic N) is 3. The molecule has 226 valence electrons. The van der Waals surface area contributed by atoms with Crippen LogP contribution in [-0.2, 0) is 6.18 Å². The minimum atomic E-state index is -4.36. The van der Waals surface area contributed by atoms with Crippen LogP contribution in [0.3, 0.4) is 0 Å². The molecule has 10 heteroatoms. The average molecular weight is 601 g/mol. The van der Waals surface area contributed by atoms with Gasteiger partial charge in [-0.15, -0.1) is 11.8 Å². The Morgan fingerprint density at radius 2 is 1.74 bits per heavy atom. The normalized spacial score (nSPS) is 16.4. The molecule has 5 rings (SSSR count). The zero-order valence-corrected chi connectivity index (χ0v) is 24.7. The lowest BCUT2D eigenvalue weighted by Crippen LogP contribution is -2.48. The maximum Gasteiger partial charge on any atom is 0.416 e. The first-order valence-corrected chi connectivity index (χ1v) is 16.0. The van der Waals surface area contributed by atoms with Gasteiger partial charge in [-0.25, -0.2) is 4.79 Å². The highest BCUT2D eigenvalue weighted by molar-refractivity contribution is 7.99. The van der Waals surface area contributed by atoms with E-state index in [4.69, 9.17) is 0 Å². The van der Waals surface area contributed by atoms with E-state index in [0.717, 1.165) is 79.2 Å². The Hall–Kier alpha value is -3.14. The first-order chi connectivity index (χ1) is 20.3. The number of amides is 1. The third-order valence-corrected chi connectivity index (χ3v) is 9.56. The molecule has 1 saturated carbocycles. The summed E-state index contributed by atoms with van der Waals surface area (Å²) in [7, 11) is 0. The molecule has 1 saturated heterocycles. The molecule has 6 nitrogen and oxygen atoms in total. The van der Waals surface area contributed by atoms with E-state index >= 15 is 0 Å². The molecular formula is C32H39F3N4O2S. The van der Waals surface area contributed by atoms with Crippen molar-refractivity contribution in [3.05, 3.63) is 59.8 Å². The maximum atomic E-state index is 13.0. The Morgan fingerprint density at radius 1 is 0.976 bits per heavy atom. The molecule has 2 heterocycles. The van der Waals surface area contributed by atoms with Crippen molar-refractivity contribution in [2.75, 3.05) is 48.7 Å². The monoisotopic (exact) mass is 600 g/mol. The topological polar surface area (TPSA) is 68.7 Å². The zero-order chi connectivity index (χ0) is 29.5. The Bertz CT molecular complexity index is 1360. The lowest BCUT2D eigenvalue weighted by Gasteiger charge is -2.36. The number of fused-ring (bicyclic) bond motifs is 1. The van der Waals surface area contributed by atoms with Crippen molar-refractivity contribution in [3.63, 3.8) is 0 Å². The van der Waals surface area contributed by atoms with E-state index < -0.39 is 17.8 Å². The third-order valence-electron chi connectivity index (χ3n) is 8.40. The number of hydrogen-bond acceptors (Lipinski definition) is 5. The van der Waals surface area contributed by atoms with Crippen LogP contribution in [0.15, 0.2) is 53.6 Å².